The lowest BCUT2D eigenvalue weighted by atomic mass is 9.99. The fourth-order valence-corrected chi connectivity index (χ4v) is 2.21. The minimum Gasteiger partial charge on any atom is -0.508 e. The van der Waals surface area contributed by atoms with Crippen molar-refractivity contribution in [3.8, 4) is 5.75 Å². The predicted molar refractivity (Wildman–Crippen MR) is 68.6 cm³/mol. The molecule has 4 nitrogen and oxygen atoms in total. The molecule has 1 aromatic rings. The van der Waals surface area contributed by atoms with E-state index in [0.717, 1.165) is 44.6 Å². The SMILES string of the molecule is O=C(NCC[C@H]1CCCOC1)c1cc(O)ccc1F. The molecule has 0 bridgehead atoms. The second-order valence-corrected chi connectivity index (χ2v) is 4.79. The number of phenolic OH excluding ortho intramolecular Hbond substituents is 1. The Labute approximate surface area is 111 Å². The molecular formula is C14H18FNO3. The Balaban J connectivity index is 1.82. The van der Waals surface area contributed by atoms with Gasteiger partial charge < -0.3 is 15.2 Å². The molecule has 0 spiro atoms. The quantitative estimate of drug-likeness (QED) is 0.878. The van der Waals surface area contributed by atoms with Crippen LogP contribution in [0.3, 0.4) is 0 Å². The molecule has 0 aliphatic carbocycles. The second-order valence-electron chi connectivity index (χ2n) is 4.79. The van der Waals surface area contributed by atoms with Gasteiger partial charge in [-0.3, -0.25) is 4.79 Å². The van der Waals surface area contributed by atoms with Gasteiger partial charge in [-0.1, -0.05) is 0 Å². The molecule has 1 aromatic carbocycles. The maximum absolute atomic E-state index is 13.4. The Kier molecular flexibility index (Phi) is 4.74. The number of carbonyl (C=O) groups excluding carboxylic acids is 1. The highest BCUT2D eigenvalue weighted by molar-refractivity contribution is 5.94. The molecule has 0 aromatic heterocycles. The number of ether oxygens (including phenoxy) is 1. The molecule has 0 saturated carbocycles. The van der Waals surface area contributed by atoms with Crippen molar-refractivity contribution in [1.29, 1.82) is 0 Å². The van der Waals surface area contributed by atoms with Crippen molar-refractivity contribution in [3.63, 3.8) is 0 Å². The van der Waals surface area contributed by atoms with E-state index in [2.05, 4.69) is 5.32 Å². The minimum atomic E-state index is -0.628. The van der Waals surface area contributed by atoms with Crippen LogP contribution in [0, 0.1) is 11.7 Å². The normalized spacial score (nSPS) is 19.1. The Morgan fingerprint density at radius 3 is 3.11 bits per heavy atom. The largest absolute Gasteiger partial charge is 0.508 e. The van der Waals surface area contributed by atoms with Crippen molar-refractivity contribution in [2.45, 2.75) is 19.3 Å². The van der Waals surface area contributed by atoms with Crippen LogP contribution in [0.2, 0.25) is 0 Å². The number of amides is 1. The summed E-state index contributed by atoms with van der Waals surface area (Å²) in [6, 6.07) is 3.43. The standard InChI is InChI=1S/C14H18FNO3/c15-13-4-3-11(17)8-12(13)14(18)16-6-5-10-2-1-7-19-9-10/h3-4,8,10,17H,1-2,5-7,9H2,(H,16,18)/t10-/m1/s1. The van der Waals surface area contributed by atoms with E-state index in [0.29, 0.717) is 12.5 Å². The number of nitrogens with one attached hydrogen (secondary N) is 1. The average Bonchev–Trinajstić information content (AvgIpc) is 2.42. The molecule has 2 N–H and O–H groups in total. The Bertz CT molecular complexity index is 444. The van der Waals surface area contributed by atoms with Gasteiger partial charge in [0.2, 0.25) is 0 Å². The van der Waals surface area contributed by atoms with Gasteiger partial charge in [0.15, 0.2) is 0 Å². The molecule has 5 heteroatoms. The number of hydrogen-bond acceptors (Lipinski definition) is 3. The molecule has 0 radical (unpaired) electrons. The van der Waals surface area contributed by atoms with Crippen LogP contribution in [0.15, 0.2) is 18.2 Å². The number of benzene rings is 1. The van der Waals surface area contributed by atoms with Crippen molar-refractivity contribution in [2.75, 3.05) is 19.8 Å². The van der Waals surface area contributed by atoms with Gasteiger partial charge in [-0.2, -0.15) is 0 Å². The topological polar surface area (TPSA) is 58.6 Å². The van der Waals surface area contributed by atoms with E-state index in [-0.39, 0.29) is 11.3 Å². The third kappa shape index (κ3) is 3.92. The van der Waals surface area contributed by atoms with Crippen molar-refractivity contribution < 1.29 is 19.0 Å². The summed E-state index contributed by atoms with van der Waals surface area (Å²) in [6.07, 6.45) is 2.99. The van der Waals surface area contributed by atoms with Gasteiger partial charge in [0.05, 0.1) is 5.56 Å². The zero-order valence-electron chi connectivity index (χ0n) is 10.7. The van der Waals surface area contributed by atoms with Gasteiger partial charge in [0.1, 0.15) is 11.6 Å². The summed E-state index contributed by atoms with van der Waals surface area (Å²) in [5.74, 6) is -0.781. The average molecular weight is 267 g/mol. The van der Waals surface area contributed by atoms with Crippen LogP contribution in [-0.2, 0) is 4.74 Å². The van der Waals surface area contributed by atoms with Crippen LogP contribution in [0.25, 0.3) is 0 Å². The van der Waals surface area contributed by atoms with Crippen LogP contribution in [0.1, 0.15) is 29.6 Å². The summed E-state index contributed by atoms with van der Waals surface area (Å²) in [5.41, 5.74) is -0.125. The number of aromatic hydroxyl groups is 1. The predicted octanol–water partition coefficient (Wildman–Crippen LogP) is 2.08. The molecule has 1 fully saturated rings. The number of rotatable bonds is 4. The fraction of sp³-hybridized carbons (Fsp3) is 0.500. The monoisotopic (exact) mass is 267 g/mol. The minimum absolute atomic E-state index is 0.118. The zero-order valence-corrected chi connectivity index (χ0v) is 10.7. The summed E-state index contributed by atoms with van der Waals surface area (Å²) in [5, 5.41) is 11.9. The van der Waals surface area contributed by atoms with Gasteiger partial charge in [-0.25, -0.2) is 4.39 Å². The smallest absolute Gasteiger partial charge is 0.254 e. The summed E-state index contributed by atoms with van der Waals surface area (Å²) in [7, 11) is 0. The highest BCUT2D eigenvalue weighted by Gasteiger charge is 2.15. The number of phenols is 1. The zero-order chi connectivity index (χ0) is 13.7. The molecule has 1 aliphatic rings. The third-order valence-electron chi connectivity index (χ3n) is 3.29. The molecule has 1 heterocycles. The van der Waals surface area contributed by atoms with Crippen molar-refractivity contribution in [1.82, 2.24) is 5.32 Å². The summed E-state index contributed by atoms with van der Waals surface area (Å²) >= 11 is 0. The molecule has 19 heavy (non-hydrogen) atoms. The lowest BCUT2D eigenvalue weighted by molar-refractivity contribution is 0.0514. The maximum atomic E-state index is 13.4. The summed E-state index contributed by atoms with van der Waals surface area (Å²) in [4.78, 5) is 11.8. The van der Waals surface area contributed by atoms with E-state index in [1.54, 1.807) is 0 Å². The van der Waals surface area contributed by atoms with Gasteiger partial charge >= 0.3 is 0 Å². The number of halogens is 1. The molecule has 1 saturated heterocycles. The Hall–Kier alpha value is -1.62. The third-order valence-corrected chi connectivity index (χ3v) is 3.29. The maximum Gasteiger partial charge on any atom is 0.254 e. The van der Waals surface area contributed by atoms with Crippen LogP contribution in [0.5, 0.6) is 5.75 Å². The Morgan fingerprint density at radius 1 is 1.53 bits per heavy atom. The van der Waals surface area contributed by atoms with Crippen LogP contribution >= 0.6 is 0 Å². The summed E-state index contributed by atoms with van der Waals surface area (Å²) < 4.78 is 18.8. The fourth-order valence-electron chi connectivity index (χ4n) is 2.21. The van der Waals surface area contributed by atoms with Gasteiger partial charge in [-0.05, 0) is 43.4 Å². The highest BCUT2D eigenvalue weighted by atomic mass is 19.1. The van der Waals surface area contributed by atoms with E-state index in [1.807, 2.05) is 0 Å². The van der Waals surface area contributed by atoms with Crippen molar-refractivity contribution in [2.24, 2.45) is 5.92 Å². The van der Waals surface area contributed by atoms with E-state index in [9.17, 15) is 14.3 Å². The first-order valence-electron chi connectivity index (χ1n) is 6.51. The molecule has 1 aliphatic heterocycles. The Morgan fingerprint density at radius 2 is 2.37 bits per heavy atom. The summed E-state index contributed by atoms with van der Waals surface area (Å²) in [6.45, 7) is 2.04. The van der Waals surface area contributed by atoms with Crippen molar-refractivity contribution in [3.05, 3.63) is 29.6 Å². The molecule has 0 unspecified atom stereocenters. The lowest BCUT2D eigenvalue weighted by Gasteiger charge is -2.21. The molecule has 1 amide bonds. The van der Waals surface area contributed by atoms with Crippen LogP contribution in [0.4, 0.5) is 4.39 Å². The highest BCUT2D eigenvalue weighted by Crippen LogP contribution is 2.17. The number of carbonyl (C=O) groups is 1. The van der Waals surface area contributed by atoms with Gasteiger partial charge in [0, 0.05) is 19.8 Å². The van der Waals surface area contributed by atoms with E-state index >= 15 is 0 Å². The first-order chi connectivity index (χ1) is 9.16. The van der Waals surface area contributed by atoms with Gasteiger partial charge in [0.25, 0.3) is 5.91 Å². The molecule has 1 atom stereocenters. The molecular weight excluding hydrogens is 249 g/mol. The van der Waals surface area contributed by atoms with E-state index < -0.39 is 11.7 Å². The van der Waals surface area contributed by atoms with Crippen LogP contribution < -0.4 is 5.32 Å². The van der Waals surface area contributed by atoms with E-state index in [1.165, 1.54) is 6.07 Å². The first-order valence-corrected chi connectivity index (χ1v) is 6.51. The molecule has 104 valence electrons. The number of hydrogen-bond donors (Lipinski definition) is 2. The van der Waals surface area contributed by atoms with E-state index in [4.69, 9.17) is 4.74 Å². The lowest BCUT2D eigenvalue weighted by Crippen LogP contribution is -2.28. The van der Waals surface area contributed by atoms with Crippen LogP contribution in [-0.4, -0.2) is 30.8 Å². The van der Waals surface area contributed by atoms with Crippen molar-refractivity contribution >= 4 is 5.91 Å². The molecule has 2 rings (SSSR count). The van der Waals surface area contributed by atoms with Gasteiger partial charge in [-0.15, -0.1) is 0 Å². The second kappa shape index (κ2) is 6.52. The first kappa shape index (κ1) is 13.8.